The molecule has 2 rings (SSSR count). The summed E-state index contributed by atoms with van der Waals surface area (Å²) in [5.74, 6) is -0.667. The molecule has 0 bridgehead atoms. The van der Waals surface area contributed by atoms with Gasteiger partial charge >= 0.3 is 5.97 Å². The van der Waals surface area contributed by atoms with Crippen LogP contribution in [0, 0.1) is 11.3 Å². The predicted molar refractivity (Wildman–Crippen MR) is 90.4 cm³/mol. The van der Waals surface area contributed by atoms with Crippen LogP contribution in [0.3, 0.4) is 0 Å². The van der Waals surface area contributed by atoms with Crippen molar-refractivity contribution in [2.24, 2.45) is 0 Å². The highest BCUT2D eigenvalue weighted by Crippen LogP contribution is 2.14. The van der Waals surface area contributed by atoms with Crippen LogP contribution in [0.2, 0.25) is 0 Å². The van der Waals surface area contributed by atoms with E-state index in [2.05, 4.69) is 21.2 Å². The molecule has 0 fully saturated rings. The van der Waals surface area contributed by atoms with Gasteiger partial charge in [-0.05, 0) is 48.5 Å². The van der Waals surface area contributed by atoms with Crippen molar-refractivity contribution in [1.29, 1.82) is 5.26 Å². The summed E-state index contributed by atoms with van der Waals surface area (Å²) in [6.45, 7) is -0.719. The van der Waals surface area contributed by atoms with Gasteiger partial charge in [-0.1, -0.05) is 15.9 Å². The van der Waals surface area contributed by atoms with E-state index in [1.54, 1.807) is 48.5 Å². The van der Waals surface area contributed by atoms with Gasteiger partial charge in [-0.3, -0.25) is 4.79 Å². The van der Waals surface area contributed by atoms with Crippen LogP contribution in [-0.2, 0) is 14.3 Å². The second-order valence-corrected chi connectivity index (χ2v) is 5.56. The van der Waals surface area contributed by atoms with Crippen molar-refractivity contribution in [2.45, 2.75) is 0 Å². The van der Waals surface area contributed by atoms with Crippen LogP contribution < -0.4 is 10.1 Å². The van der Waals surface area contributed by atoms with Crippen LogP contribution in [0.25, 0.3) is 0 Å². The van der Waals surface area contributed by atoms with Gasteiger partial charge in [0.2, 0.25) is 0 Å². The zero-order valence-corrected chi connectivity index (χ0v) is 14.1. The number of amides is 1. The maximum atomic E-state index is 11.7. The Morgan fingerprint density at radius 3 is 2.33 bits per heavy atom. The number of ether oxygens (including phenoxy) is 2. The van der Waals surface area contributed by atoms with E-state index < -0.39 is 18.5 Å². The van der Waals surface area contributed by atoms with E-state index in [9.17, 15) is 9.59 Å². The third-order valence-electron chi connectivity index (χ3n) is 2.83. The van der Waals surface area contributed by atoms with Gasteiger partial charge in [0.15, 0.2) is 13.2 Å². The fourth-order valence-electron chi connectivity index (χ4n) is 1.69. The third kappa shape index (κ3) is 5.74. The quantitative estimate of drug-likeness (QED) is 0.768. The summed E-state index contributed by atoms with van der Waals surface area (Å²) in [6.07, 6.45) is 0. The van der Waals surface area contributed by atoms with Crippen molar-refractivity contribution in [1.82, 2.24) is 0 Å². The van der Waals surface area contributed by atoms with Crippen molar-refractivity contribution in [3.63, 3.8) is 0 Å². The van der Waals surface area contributed by atoms with Crippen LogP contribution >= 0.6 is 15.9 Å². The zero-order chi connectivity index (χ0) is 17.4. The average Bonchev–Trinajstić information content (AvgIpc) is 2.60. The number of nitrogens with zero attached hydrogens (tertiary/aromatic N) is 1. The Bertz CT molecular complexity index is 752. The van der Waals surface area contributed by atoms with Crippen molar-refractivity contribution >= 4 is 33.5 Å². The molecule has 0 aliphatic rings. The first-order valence-electron chi connectivity index (χ1n) is 6.91. The fraction of sp³-hybridized carbons (Fsp3) is 0.118. The second kappa shape index (κ2) is 8.70. The van der Waals surface area contributed by atoms with Crippen LogP contribution in [0.15, 0.2) is 53.0 Å². The first kappa shape index (κ1) is 17.5. The van der Waals surface area contributed by atoms with E-state index in [-0.39, 0.29) is 6.61 Å². The largest absolute Gasteiger partial charge is 0.482 e. The van der Waals surface area contributed by atoms with E-state index in [0.29, 0.717) is 17.0 Å². The van der Waals surface area contributed by atoms with Crippen molar-refractivity contribution < 1.29 is 19.1 Å². The number of nitriles is 1. The Morgan fingerprint density at radius 2 is 1.71 bits per heavy atom. The van der Waals surface area contributed by atoms with Gasteiger partial charge in [0.05, 0.1) is 11.6 Å². The molecule has 1 N–H and O–H groups in total. The number of hydrogen-bond donors (Lipinski definition) is 1. The summed E-state index contributed by atoms with van der Waals surface area (Å²) in [6, 6.07) is 15.3. The van der Waals surface area contributed by atoms with Crippen molar-refractivity contribution in [2.75, 3.05) is 18.5 Å². The lowest BCUT2D eigenvalue weighted by Crippen LogP contribution is -2.23. The highest BCUT2D eigenvalue weighted by Gasteiger charge is 2.09. The number of anilines is 1. The molecular weight excluding hydrogens is 376 g/mol. The summed E-state index contributed by atoms with van der Waals surface area (Å²) in [4.78, 5) is 23.2. The van der Waals surface area contributed by atoms with Gasteiger partial charge in [-0.25, -0.2) is 4.79 Å². The monoisotopic (exact) mass is 388 g/mol. The van der Waals surface area contributed by atoms with E-state index in [4.69, 9.17) is 14.7 Å². The van der Waals surface area contributed by atoms with E-state index >= 15 is 0 Å². The maximum absolute atomic E-state index is 11.7. The number of esters is 1. The van der Waals surface area contributed by atoms with Gasteiger partial charge in [0.25, 0.3) is 5.91 Å². The van der Waals surface area contributed by atoms with Crippen LogP contribution in [0.1, 0.15) is 5.56 Å². The smallest absolute Gasteiger partial charge is 0.344 e. The number of hydrogen-bond acceptors (Lipinski definition) is 5. The molecule has 0 atom stereocenters. The minimum absolute atomic E-state index is 0.322. The number of carbonyl (C=O) groups is 2. The topological polar surface area (TPSA) is 88.4 Å². The first-order chi connectivity index (χ1) is 11.6. The van der Waals surface area contributed by atoms with Crippen LogP contribution in [0.5, 0.6) is 5.75 Å². The summed E-state index contributed by atoms with van der Waals surface area (Å²) < 4.78 is 10.9. The van der Waals surface area contributed by atoms with Gasteiger partial charge in [-0.2, -0.15) is 5.26 Å². The maximum Gasteiger partial charge on any atom is 0.344 e. The van der Waals surface area contributed by atoms with Crippen LogP contribution in [0.4, 0.5) is 5.69 Å². The molecule has 0 spiro atoms. The molecule has 24 heavy (non-hydrogen) atoms. The first-order valence-corrected chi connectivity index (χ1v) is 7.70. The summed E-state index contributed by atoms with van der Waals surface area (Å²) in [7, 11) is 0. The Balaban J connectivity index is 1.71. The number of halogens is 1. The Morgan fingerprint density at radius 1 is 1.04 bits per heavy atom. The molecule has 0 saturated carbocycles. The molecule has 0 aliphatic carbocycles. The molecule has 0 aliphatic heterocycles. The fourth-order valence-corrected chi connectivity index (χ4v) is 1.95. The van der Waals surface area contributed by atoms with E-state index in [1.165, 1.54) is 0 Å². The van der Waals surface area contributed by atoms with Gasteiger partial charge in [0, 0.05) is 10.2 Å². The lowest BCUT2D eigenvalue weighted by Gasteiger charge is -2.08. The highest BCUT2D eigenvalue weighted by molar-refractivity contribution is 9.10. The average molecular weight is 389 g/mol. The van der Waals surface area contributed by atoms with Gasteiger partial charge in [0.1, 0.15) is 5.75 Å². The second-order valence-electron chi connectivity index (χ2n) is 4.64. The Hall–Kier alpha value is -2.85. The standard InChI is InChI=1S/C17H13BrN2O4/c18-13-3-5-14(6-4-13)20-16(21)10-24-17(22)11-23-15-7-1-12(9-19)2-8-15/h1-8H,10-11H2,(H,20,21). The molecule has 0 heterocycles. The molecule has 2 aromatic rings. The molecule has 1 amide bonds. The molecule has 0 aromatic heterocycles. The number of nitrogens with one attached hydrogen (secondary N) is 1. The zero-order valence-electron chi connectivity index (χ0n) is 12.5. The lowest BCUT2D eigenvalue weighted by molar-refractivity contribution is -0.149. The molecule has 2 aromatic carbocycles. The van der Waals surface area contributed by atoms with E-state index in [1.807, 2.05) is 6.07 Å². The number of benzene rings is 2. The minimum Gasteiger partial charge on any atom is -0.482 e. The lowest BCUT2D eigenvalue weighted by atomic mass is 10.2. The molecular formula is C17H13BrN2O4. The summed E-state index contributed by atoms with van der Waals surface area (Å²) in [5.41, 5.74) is 1.10. The van der Waals surface area contributed by atoms with Crippen molar-refractivity contribution in [3.8, 4) is 11.8 Å². The summed E-state index contributed by atoms with van der Waals surface area (Å²) in [5, 5.41) is 11.3. The highest BCUT2D eigenvalue weighted by atomic mass is 79.9. The molecule has 122 valence electrons. The normalized spacial score (nSPS) is 9.67. The SMILES string of the molecule is N#Cc1ccc(OCC(=O)OCC(=O)Nc2ccc(Br)cc2)cc1. The van der Waals surface area contributed by atoms with Gasteiger partial charge < -0.3 is 14.8 Å². The Kier molecular flexibility index (Phi) is 6.34. The minimum atomic E-state index is -0.662. The van der Waals surface area contributed by atoms with Crippen LogP contribution in [-0.4, -0.2) is 25.1 Å². The van der Waals surface area contributed by atoms with E-state index in [0.717, 1.165) is 4.47 Å². The Labute approximate surface area is 147 Å². The molecule has 0 radical (unpaired) electrons. The molecule has 6 nitrogen and oxygen atoms in total. The number of rotatable bonds is 6. The molecule has 7 heteroatoms. The molecule has 0 saturated heterocycles. The van der Waals surface area contributed by atoms with Gasteiger partial charge in [-0.15, -0.1) is 0 Å². The third-order valence-corrected chi connectivity index (χ3v) is 3.36. The predicted octanol–water partition coefficient (Wildman–Crippen LogP) is 2.88. The molecule has 0 unspecified atom stereocenters. The summed E-state index contributed by atoms with van der Waals surface area (Å²) >= 11 is 3.29. The van der Waals surface area contributed by atoms with Crippen molar-refractivity contribution in [3.05, 3.63) is 58.6 Å². The number of carbonyl (C=O) groups excluding carboxylic acids is 2.